The van der Waals surface area contributed by atoms with E-state index in [4.69, 9.17) is 21.1 Å². The minimum atomic E-state index is -0.501. The first-order valence-corrected chi connectivity index (χ1v) is 11.9. The number of hydrogen-bond acceptors (Lipinski definition) is 6. The number of nitrogens with one attached hydrogen (secondary N) is 1. The molecule has 2 aromatic carbocycles. The third-order valence-corrected chi connectivity index (χ3v) is 6.96. The lowest BCUT2D eigenvalue weighted by Crippen LogP contribution is -2.33. The molecule has 0 saturated carbocycles. The molecule has 4 rings (SSSR count). The van der Waals surface area contributed by atoms with Gasteiger partial charge in [0.15, 0.2) is 16.7 Å². The van der Waals surface area contributed by atoms with Crippen molar-refractivity contribution in [3.05, 3.63) is 74.5 Å². The SMILES string of the molecule is CCOc1c(OC)cccc1C1CC(=O)Nc2c1c(=O)nc(SCc1ccccc1Cl)n2C. The average molecular weight is 486 g/mol. The smallest absolute Gasteiger partial charge is 0.279 e. The summed E-state index contributed by atoms with van der Waals surface area (Å²) >= 11 is 7.66. The van der Waals surface area contributed by atoms with E-state index in [1.807, 2.05) is 43.3 Å². The number of ether oxygens (including phenoxy) is 2. The van der Waals surface area contributed by atoms with Crippen molar-refractivity contribution in [2.45, 2.75) is 30.2 Å². The molecular weight excluding hydrogens is 462 g/mol. The molecule has 1 unspecified atom stereocenters. The van der Waals surface area contributed by atoms with Crippen molar-refractivity contribution >= 4 is 35.1 Å². The second-order valence-corrected chi connectivity index (χ2v) is 8.87. The molecule has 7 nitrogen and oxygen atoms in total. The van der Waals surface area contributed by atoms with Crippen LogP contribution in [0.4, 0.5) is 5.82 Å². The molecule has 0 radical (unpaired) electrons. The van der Waals surface area contributed by atoms with Gasteiger partial charge in [-0.1, -0.05) is 53.7 Å². The molecular formula is C24H24ClN3O4S. The van der Waals surface area contributed by atoms with Crippen LogP contribution < -0.4 is 20.3 Å². The lowest BCUT2D eigenvalue weighted by molar-refractivity contribution is -0.116. The number of fused-ring (bicyclic) bond motifs is 1. The lowest BCUT2D eigenvalue weighted by Gasteiger charge is -2.29. The van der Waals surface area contributed by atoms with E-state index in [-0.39, 0.29) is 17.9 Å². The van der Waals surface area contributed by atoms with Crippen molar-refractivity contribution in [2.24, 2.45) is 7.05 Å². The molecule has 0 aliphatic carbocycles. The number of carbonyl (C=O) groups excluding carboxylic acids is 1. The summed E-state index contributed by atoms with van der Waals surface area (Å²) < 4.78 is 13.1. The molecule has 1 aromatic heterocycles. The normalized spacial score (nSPS) is 15.0. The molecule has 1 atom stereocenters. The van der Waals surface area contributed by atoms with E-state index >= 15 is 0 Å². The Kier molecular flexibility index (Phi) is 6.95. The minimum absolute atomic E-state index is 0.114. The molecule has 9 heteroatoms. The molecule has 0 fully saturated rings. The zero-order chi connectivity index (χ0) is 23.5. The van der Waals surface area contributed by atoms with Crippen molar-refractivity contribution in [1.82, 2.24) is 9.55 Å². The highest BCUT2D eigenvalue weighted by Crippen LogP contribution is 2.43. The van der Waals surface area contributed by atoms with Gasteiger partial charge in [-0.15, -0.1) is 0 Å². The molecule has 1 aliphatic rings. The second kappa shape index (κ2) is 9.89. The molecule has 33 heavy (non-hydrogen) atoms. The fourth-order valence-corrected chi connectivity index (χ4v) is 5.21. The number of aromatic nitrogens is 2. The quantitative estimate of drug-likeness (QED) is 0.389. The molecule has 2 heterocycles. The second-order valence-electron chi connectivity index (χ2n) is 7.52. The van der Waals surface area contributed by atoms with Gasteiger partial charge in [-0.3, -0.25) is 9.59 Å². The van der Waals surface area contributed by atoms with Gasteiger partial charge in [-0.05, 0) is 24.6 Å². The van der Waals surface area contributed by atoms with E-state index in [2.05, 4.69) is 10.3 Å². The fraction of sp³-hybridized carbons (Fsp3) is 0.292. The van der Waals surface area contributed by atoms with E-state index in [1.165, 1.54) is 11.8 Å². The Morgan fingerprint density at radius 1 is 1.21 bits per heavy atom. The topological polar surface area (TPSA) is 82.4 Å². The predicted molar refractivity (Wildman–Crippen MR) is 130 cm³/mol. The number of para-hydroxylation sites is 1. The zero-order valence-corrected chi connectivity index (χ0v) is 20.1. The molecule has 0 bridgehead atoms. The Bertz CT molecular complexity index is 1260. The van der Waals surface area contributed by atoms with Crippen molar-refractivity contribution in [3.63, 3.8) is 0 Å². The van der Waals surface area contributed by atoms with E-state index < -0.39 is 5.92 Å². The Morgan fingerprint density at radius 3 is 2.73 bits per heavy atom. The number of amides is 1. The van der Waals surface area contributed by atoms with Crippen LogP contribution in [0.15, 0.2) is 52.4 Å². The fourth-order valence-electron chi connectivity index (χ4n) is 3.95. The van der Waals surface area contributed by atoms with Crippen molar-refractivity contribution in [1.29, 1.82) is 0 Å². The first-order valence-electron chi connectivity index (χ1n) is 10.5. The van der Waals surface area contributed by atoms with E-state index in [0.29, 0.717) is 45.4 Å². The molecule has 1 amide bonds. The first-order chi connectivity index (χ1) is 15.9. The van der Waals surface area contributed by atoms with Crippen LogP contribution in [0.2, 0.25) is 5.02 Å². The third-order valence-electron chi connectivity index (χ3n) is 5.51. The van der Waals surface area contributed by atoms with Crippen LogP contribution >= 0.6 is 23.4 Å². The summed E-state index contributed by atoms with van der Waals surface area (Å²) in [7, 11) is 3.35. The maximum Gasteiger partial charge on any atom is 0.279 e. The van der Waals surface area contributed by atoms with Gasteiger partial charge in [0.25, 0.3) is 5.56 Å². The summed E-state index contributed by atoms with van der Waals surface area (Å²) in [5, 5.41) is 4.02. The predicted octanol–water partition coefficient (Wildman–Crippen LogP) is 4.61. The molecule has 0 spiro atoms. The summed E-state index contributed by atoms with van der Waals surface area (Å²) in [6, 6.07) is 13.0. The lowest BCUT2D eigenvalue weighted by atomic mass is 9.86. The molecule has 1 N–H and O–H groups in total. The molecule has 172 valence electrons. The Balaban J connectivity index is 1.77. The molecule has 1 aliphatic heterocycles. The summed E-state index contributed by atoms with van der Waals surface area (Å²) in [5.74, 6) is 1.40. The van der Waals surface area contributed by atoms with Crippen molar-refractivity contribution in [2.75, 3.05) is 19.0 Å². The number of methoxy groups -OCH3 is 1. The maximum atomic E-state index is 13.2. The largest absolute Gasteiger partial charge is 0.493 e. The van der Waals surface area contributed by atoms with E-state index in [9.17, 15) is 9.59 Å². The van der Waals surface area contributed by atoms with Crippen LogP contribution in [0.25, 0.3) is 0 Å². The Morgan fingerprint density at radius 2 is 2.00 bits per heavy atom. The van der Waals surface area contributed by atoms with Crippen LogP contribution in [0.5, 0.6) is 11.5 Å². The standard InChI is InChI=1S/C24H24ClN3O4S/c1-4-32-21-15(9-7-11-18(21)31-3)16-12-19(29)26-22-20(16)23(30)27-24(28(22)2)33-13-14-8-5-6-10-17(14)25/h5-11,16H,4,12-13H2,1-3H3,(H,26,29). The number of rotatable bonds is 7. The van der Waals surface area contributed by atoms with Gasteiger partial charge >= 0.3 is 0 Å². The minimum Gasteiger partial charge on any atom is -0.493 e. The van der Waals surface area contributed by atoms with Crippen LogP contribution in [0.1, 0.15) is 36.0 Å². The van der Waals surface area contributed by atoms with Crippen molar-refractivity contribution < 1.29 is 14.3 Å². The highest BCUT2D eigenvalue weighted by molar-refractivity contribution is 7.98. The van der Waals surface area contributed by atoms with Gasteiger partial charge in [0.1, 0.15) is 5.82 Å². The zero-order valence-electron chi connectivity index (χ0n) is 18.6. The highest BCUT2D eigenvalue weighted by atomic mass is 35.5. The first kappa shape index (κ1) is 23.2. The van der Waals surface area contributed by atoms with Crippen LogP contribution in [-0.2, 0) is 17.6 Å². The third kappa shape index (κ3) is 4.58. The molecule has 3 aromatic rings. The number of carbonyl (C=O) groups is 1. The highest BCUT2D eigenvalue weighted by Gasteiger charge is 2.34. The van der Waals surface area contributed by atoms with Crippen LogP contribution in [0.3, 0.4) is 0 Å². The molecule has 0 saturated heterocycles. The Hall–Kier alpha value is -2.97. The monoisotopic (exact) mass is 485 g/mol. The van der Waals surface area contributed by atoms with Crippen LogP contribution in [-0.4, -0.2) is 29.2 Å². The number of thioether (sulfide) groups is 1. The van der Waals surface area contributed by atoms with E-state index in [0.717, 1.165) is 11.1 Å². The number of hydrogen-bond donors (Lipinski definition) is 1. The summed E-state index contributed by atoms with van der Waals surface area (Å²) in [5.41, 5.74) is 1.73. The summed E-state index contributed by atoms with van der Waals surface area (Å²) in [6.07, 6.45) is 0.114. The summed E-state index contributed by atoms with van der Waals surface area (Å²) in [6.45, 7) is 2.30. The van der Waals surface area contributed by atoms with Gasteiger partial charge in [-0.25, -0.2) is 0 Å². The number of benzene rings is 2. The van der Waals surface area contributed by atoms with Gasteiger partial charge in [-0.2, -0.15) is 4.98 Å². The van der Waals surface area contributed by atoms with Crippen molar-refractivity contribution in [3.8, 4) is 11.5 Å². The number of anilines is 1. The van der Waals surface area contributed by atoms with Gasteiger partial charge in [0.05, 0.1) is 19.3 Å². The van der Waals surface area contributed by atoms with Gasteiger partial charge < -0.3 is 19.4 Å². The number of nitrogens with zero attached hydrogens (tertiary/aromatic N) is 2. The van der Waals surface area contributed by atoms with Gasteiger partial charge in [0, 0.05) is 35.7 Å². The Labute approximate surface area is 201 Å². The number of halogens is 1. The van der Waals surface area contributed by atoms with Crippen LogP contribution in [0, 0.1) is 0 Å². The van der Waals surface area contributed by atoms with Gasteiger partial charge in [0.2, 0.25) is 5.91 Å². The summed E-state index contributed by atoms with van der Waals surface area (Å²) in [4.78, 5) is 30.3. The average Bonchev–Trinajstić information content (AvgIpc) is 2.81. The maximum absolute atomic E-state index is 13.2. The van der Waals surface area contributed by atoms with E-state index in [1.54, 1.807) is 24.8 Å².